The highest BCUT2D eigenvalue weighted by molar-refractivity contribution is 9.10. The van der Waals surface area contributed by atoms with Crippen molar-refractivity contribution >= 4 is 15.9 Å². The Morgan fingerprint density at radius 2 is 2.33 bits per heavy atom. The van der Waals surface area contributed by atoms with Gasteiger partial charge in [-0.25, -0.2) is 4.39 Å². The summed E-state index contributed by atoms with van der Waals surface area (Å²) in [7, 11) is 0. The number of ether oxygens (including phenoxy) is 1. The Kier molecular flexibility index (Phi) is 5.15. The van der Waals surface area contributed by atoms with Gasteiger partial charge in [-0.1, -0.05) is 6.07 Å². The van der Waals surface area contributed by atoms with Crippen molar-refractivity contribution < 1.29 is 14.2 Å². The molecule has 1 aliphatic rings. The van der Waals surface area contributed by atoms with Crippen LogP contribution in [0, 0.1) is 5.82 Å². The molecule has 2 nitrogen and oxygen atoms in total. The molecule has 2 unspecified atom stereocenters. The van der Waals surface area contributed by atoms with Gasteiger partial charge in [0.25, 0.3) is 0 Å². The Labute approximate surface area is 115 Å². The van der Waals surface area contributed by atoms with Gasteiger partial charge < -0.3 is 9.84 Å². The smallest absolute Gasteiger partial charge is 0.137 e. The highest BCUT2D eigenvalue weighted by atomic mass is 79.9. The van der Waals surface area contributed by atoms with Crippen LogP contribution in [-0.2, 0) is 4.74 Å². The summed E-state index contributed by atoms with van der Waals surface area (Å²) in [6.45, 7) is 0.873. The SMILES string of the molecule is OC(CCCC1CCCO1)c1ccc(F)c(Br)c1. The molecule has 18 heavy (non-hydrogen) atoms. The van der Waals surface area contributed by atoms with Crippen LogP contribution < -0.4 is 0 Å². The zero-order chi connectivity index (χ0) is 13.0. The van der Waals surface area contributed by atoms with Crippen LogP contribution in [-0.4, -0.2) is 17.8 Å². The minimum atomic E-state index is -0.525. The molecule has 100 valence electrons. The van der Waals surface area contributed by atoms with Crippen LogP contribution in [0.25, 0.3) is 0 Å². The van der Waals surface area contributed by atoms with Crippen LogP contribution in [0.3, 0.4) is 0 Å². The summed E-state index contributed by atoms with van der Waals surface area (Å²) < 4.78 is 19.0. The lowest BCUT2D eigenvalue weighted by Crippen LogP contribution is -2.06. The minimum Gasteiger partial charge on any atom is -0.388 e. The largest absolute Gasteiger partial charge is 0.388 e. The molecular weight excluding hydrogens is 299 g/mol. The molecule has 2 rings (SSSR count). The Balaban J connectivity index is 1.79. The van der Waals surface area contributed by atoms with E-state index in [4.69, 9.17) is 4.74 Å². The van der Waals surface area contributed by atoms with Gasteiger partial charge in [0.2, 0.25) is 0 Å². The van der Waals surface area contributed by atoms with Crippen LogP contribution in [0.15, 0.2) is 22.7 Å². The van der Waals surface area contributed by atoms with E-state index in [0.29, 0.717) is 17.0 Å². The molecule has 1 aromatic carbocycles. The third-order valence-corrected chi connectivity index (χ3v) is 3.96. The van der Waals surface area contributed by atoms with E-state index in [1.165, 1.54) is 6.07 Å². The summed E-state index contributed by atoms with van der Waals surface area (Å²) in [4.78, 5) is 0. The van der Waals surface area contributed by atoms with Crippen molar-refractivity contribution in [3.63, 3.8) is 0 Å². The van der Waals surface area contributed by atoms with Gasteiger partial charge >= 0.3 is 0 Å². The van der Waals surface area contributed by atoms with E-state index in [1.807, 2.05) is 0 Å². The molecule has 0 amide bonds. The molecule has 0 spiro atoms. The highest BCUT2D eigenvalue weighted by Crippen LogP contribution is 2.26. The van der Waals surface area contributed by atoms with E-state index in [9.17, 15) is 9.50 Å². The number of rotatable bonds is 5. The standard InChI is InChI=1S/C14H18BrFO2/c15-12-9-10(6-7-13(12)16)14(17)5-1-3-11-4-2-8-18-11/h6-7,9,11,14,17H,1-5,8H2. The molecule has 4 heteroatoms. The third-order valence-electron chi connectivity index (χ3n) is 3.36. The molecule has 1 aliphatic heterocycles. The summed E-state index contributed by atoms with van der Waals surface area (Å²) in [5.41, 5.74) is 0.760. The van der Waals surface area contributed by atoms with E-state index in [0.717, 1.165) is 37.9 Å². The van der Waals surface area contributed by atoms with Gasteiger partial charge in [-0.3, -0.25) is 0 Å². The number of halogens is 2. The Hall–Kier alpha value is -0.450. The van der Waals surface area contributed by atoms with Crippen LogP contribution in [0.5, 0.6) is 0 Å². The molecule has 1 saturated heterocycles. The zero-order valence-electron chi connectivity index (χ0n) is 10.2. The van der Waals surface area contributed by atoms with E-state index in [1.54, 1.807) is 12.1 Å². The van der Waals surface area contributed by atoms with Crippen molar-refractivity contribution in [1.29, 1.82) is 0 Å². The maximum absolute atomic E-state index is 13.1. The summed E-state index contributed by atoms with van der Waals surface area (Å²) in [5.74, 6) is -0.301. The molecule has 0 aliphatic carbocycles. The van der Waals surface area contributed by atoms with Gasteiger partial charge in [-0.05, 0) is 65.7 Å². The van der Waals surface area contributed by atoms with Crippen molar-refractivity contribution in [3.8, 4) is 0 Å². The lowest BCUT2D eigenvalue weighted by Gasteiger charge is -2.13. The molecule has 1 N–H and O–H groups in total. The maximum atomic E-state index is 13.1. The second kappa shape index (κ2) is 6.64. The van der Waals surface area contributed by atoms with Crippen LogP contribution in [0.2, 0.25) is 0 Å². The van der Waals surface area contributed by atoms with Gasteiger partial charge in [-0.2, -0.15) is 0 Å². The van der Waals surface area contributed by atoms with Gasteiger partial charge in [0.15, 0.2) is 0 Å². The molecule has 0 radical (unpaired) electrons. The molecule has 1 heterocycles. The Morgan fingerprint density at radius 3 is 3.00 bits per heavy atom. The van der Waals surface area contributed by atoms with Gasteiger partial charge in [0.05, 0.1) is 16.7 Å². The van der Waals surface area contributed by atoms with E-state index in [-0.39, 0.29) is 5.82 Å². The van der Waals surface area contributed by atoms with Crippen molar-refractivity contribution in [3.05, 3.63) is 34.1 Å². The van der Waals surface area contributed by atoms with Crippen molar-refractivity contribution in [1.82, 2.24) is 0 Å². The number of benzene rings is 1. The van der Waals surface area contributed by atoms with E-state index >= 15 is 0 Å². The number of hydrogen-bond donors (Lipinski definition) is 1. The fourth-order valence-corrected chi connectivity index (χ4v) is 2.69. The predicted molar refractivity (Wildman–Crippen MR) is 71.9 cm³/mol. The normalized spacial score (nSPS) is 21.2. The average Bonchev–Trinajstić information content (AvgIpc) is 2.85. The van der Waals surface area contributed by atoms with Crippen LogP contribution in [0.4, 0.5) is 4.39 Å². The summed E-state index contributed by atoms with van der Waals surface area (Å²) in [6, 6.07) is 4.66. The fourth-order valence-electron chi connectivity index (χ4n) is 2.30. The molecule has 0 saturated carbocycles. The van der Waals surface area contributed by atoms with Gasteiger partial charge in [0, 0.05) is 6.61 Å². The topological polar surface area (TPSA) is 29.5 Å². The molecule has 1 fully saturated rings. The van der Waals surface area contributed by atoms with Gasteiger partial charge in [0.1, 0.15) is 5.82 Å². The first-order chi connectivity index (χ1) is 8.66. The highest BCUT2D eigenvalue weighted by Gasteiger charge is 2.16. The summed E-state index contributed by atoms with van der Waals surface area (Å²) in [6.07, 6.45) is 4.76. The quantitative estimate of drug-likeness (QED) is 0.890. The first kappa shape index (κ1) is 14.0. The Morgan fingerprint density at radius 1 is 1.50 bits per heavy atom. The number of aliphatic hydroxyl groups excluding tert-OH is 1. The van der Waals surface area contributed by atoms with Gasteiger partial charge in [-0.15, -0.1) is 0 Å². The minimum absolute atomic E-state index is 0.301. The van der Waals surface area contributed by atoms with Crippen LogP contribution >= 0.6 is 15.9 Å². The molecule has 0 aromatic heterocycles. The molecule has 2 atom stereocenters. The second-order valence-corrected chi connectivity index (χ2v) is 5.61. The fraction of sp³-hybridized carbons (Fsp3) is 0.571. The average molecular weight is 317 g/mol. The predicted octanol–water partition coefficient (Wildman–Crippen LogP) is 3.97. The lowest BCUT2D eigenvalue weighted by atomic mass is 10.0. The van der Waals surface area contributed by atoms with E-state index < -0.39 is 6.10 Å². The zero-order valence-corrected chi connectivity index (χ0v) is 11.8. The summed E-state index contributed by atoms with van der Waals surface area (Å²) >= 11 is 3.13. The van der Waals surface area contributed by atoms with Crippen LogP contribution in [0.1, 0.15) is 43.8 Å². The van der Waals surface area contributed by atoms with E-state index in [2.05, 4.69) is 15.9 Å². The first-order valence-corrected chi connectivity index (χ1v) is 7.20. The second-order valence-electron chi connectivity index (χ2n) is 4.76. The van der Waals surface area contributed by atoms with Crippen molar-refractivity contribution in [2.75, 3.05) is 6.61 Å². The monoisotopic (exact) mass is 316 g/mol. The summed E-state index contributed by atoms with van der Waals surface area (Å²) in [5, 5.41) is 10.0. The third kappa shape index (κ3) is 3.77. The number of hydrogen-bond acceptors (Lipinski definition) is 2. The molecule has 1 aromatic rings. The molecular formula is C14H18BrFO2. The van der Waals surface area contributed by atoms with Crippen molar-refractivity contribution in [2.45, 2.75) is 44.3 Å². The number of aliphatic hydroxyl groups is 1. The first-order valence-electron chi connectivity index (χ1n) is 6.41. The molecule has 0 bridgehead atoms. The van der Waals surface area contributed by atoms with Crippen molar-refractivity contribution in [2.24, 2.45) is 0 Å². The maximum Gasteiger partial charge on any atom is 0.137 e. The Bertz CT molecular complexity index is 391. The lowest BCUT2D eigenvalue weighted by molar-refractivity contribution is 0.0944.